The molecule has 2 bridgehead atoms. The van der Waals surface area contributed by atoms with Crippen LogP contribution in [0.2, 0.25) is 0 Å². The highest BCUT2D eigenvalue weighted by Gasteiger charge is 2.48. The van der Waals surface area contributed by atoms with Gasteiger partial charge in [0, 0.05) is 22.5 Å². The topological polar surface area (TPSA) is 45.5 Å². The molecule has 1 atom stereocenters. The molecule has 4 heterocycles. The largest absolute Gasteiger partial charge is 0.464 e. The summed E-state index contributed by atoms with van der Waals surface area (Å²) in [6, 6.07) is 7.73. The molecule has 0 saturated carbocycles. The Bertz CT molecular complexity index is 717. The fraction of sp³-hybridized carbons (Fsp3) is 0.500. The van der Waals surface area contributed by atoms with E-state index in [0.29, 0.717) is 11.5 Å². The Hall–Kier alpha value is -1.52. The minimum atomic E-state index is 0. The third kappa shape index (κ3) is 2.64. The molecule has 1 aromatic heterocycles. The maximum absolute atomic E-state index is 12.7. The molecule has 3 fully saturated rings. The van der Waals surface area contributed by atoms with Crippen LogP contribution in [0.1, 0.15) is 37.0 Å². The fourth-order valence-electron chi connectivity index (χ4n) is 4.21. The summed E-state index contributed by atoms with van der Waals surface area (Å²) in [6.07, 6.45) is 4.03. The molecule has 3 saturated heterocycles. The van der Waals surface area contributed by atoms with E-state index in [0.717, 1.165) is 24.1 Å². The van der Waals surface area contributed by atoms with Gasteiger partial charge >= 0.3 is 0 Å². The second-order valence-corrected chi connectivity index (χ2v) is 7.10. The number of nitrogens with one attached hydrogen (secondary N) is 1. The Morgan fingerprint density at radius 2 is 2.00 bits per heavy atom. The highest BCUT2D eigenvalue weighted by Crippen LogP contribution is 2.39. The van der Waals surface area contributed by atoms with E-state index in [1.165, 1.54) is 12.8 Å². The van der Waals surface area contributed by atoms with Crippen molar-refractivity contribution in [2.24, 2.45) is 5.92 Å². The summed E-state index contributed by atoms with van der Waals surface area (Å²) in [7, 11) is 0. The van der Waals surface area contributed by atoms with Gasteiger partial charge < -0.3 is 9.73 Å². The molecule has 5 heteroatoms. The normalized spacial score (nSPS) is 28.3. The number of piperidine rings is 3. The quantitative estimate of drug-likeness (QED) is 0.914. The first-order valence-electron chi connectivity index (χ1n) is 8.09. The molecule has 2 aromatic rings. The molecule has 23 heavy (non-hydrogen) atoms. The van der Waals surface area contributed by atoms with Crippen LogP contribution in [0.25, 0.3) is 11.0 Å². The summed E-state index contributed by atoms with van der Waals surface area (Å²) >= 11 is 0. The number of amides is 1. The summed E-state index contributed by atoms with van der Waals surface area (Å²) in [5.74, 6) is 0.622. The SMILES string of the molecule is CC1(C)C(NC(=O)c2ccc3occc3c2)C2CCN1CC2.Cl. The number of furan rings is 1. The zero-order valence-corrected chi connectivity index (χ0v) is 14.4. The van der Waals surface area contributed by atoms with Crippen molar-refractivity contribution in [3.63, 3.8) is 0 Å². The first kappa shape index (κ1) is 16.3. The number of carbonyl (C=O) groups is 1. The van der Waals surface area contributed by atoms with Gasteiger partial charge in [0.1, 0.15) is 5.58 Å². The van der Waals surface area contributed by atoms with Crippen LogP contribution >= 0.6 is 12.4 Å². The second kappa shape index (κ2) is 5.84. The Morgan fingerprint density at radius 3 is 2.70 bits per heavy atom. The summed E-state index contributed by atoms with van der Waals surface area (Å²) in [6.45, 7) is 6.82. The number of benzene rings is 1. The van der Waals surface area contributed by atoms with E-state index in [9.17, 15) is 4.79 Å². The lowest BCUT2D eigenvalue weighted by atomic mass is 9.72. The third-order valence-electron chi connectivity index (χ3n) is 5.59. The third-order valence-corrected chi connectivity index (χ3v) is 5.59. The van der Waals surface area contributed by atoms with Gasteiger partial charge in [-0.15, -0.1) is 12.4 Å². The van der Waals surface area contributed by atoms with Gasteiger partial charge in [-0.3, -0.25) is 9.69 Å². The van der Waals surface area contributed by atoms with Gasteiger partial charge in [-0.2, -0.15) is 0 Å². The van der Waals surface area contributed by atoms with Crippen molar-refractivity contribution in [2.75, 3.05) is 13.1 Å². The number of fused-ring (bicyclic) bond motifs is 4. The molecule has 124 valence electrons. The predicted molar refractivity (Wildman–Crippen MR) is 93.1 cm³/mol. The van der Waals surface area contributed by atoms with Crippen molar-refractivity contribution in [1.29, 1.82) is 0 Å². The molecule has 1 amide bonds. The Kier molecular flexibility index (Phi) is 4.15. The maximum atomic E-state index is 12.7. The molecule has 1 unspecified atom stereocenters. The lowest BCUT2D eigenvalue weighted by molar-refractivity contribution is -0.0378. The van der Waals surface area contributed by atoms with Crippen LogP contribution < -0.4 is 5.32 Å². The molecule has 0 radical (unpaired) electrons. The van der Waals surface area contributed by atoms with Crippen LogP contribution in [-0.4, -0.2) is 35.5 Å². The lowest BCUT2D eigenvalue weighted by Crippen LogP contribution is -2.69. The Balaban J connectivity index is 0.00000156. The van der Waals surface area contributed by atoms with Crippen molar-refractivity contribution in [2.45, 2.75) is 38.3 Å². The summed E-state index contributed by atoms with van der Waals surface area (Å²) < 4.78 is 5.34. The first-order chi connectivity index (χ1) is 10.6. The fourth-order valence-corrected chi connectivity index (χ4v) is 4.21. The average Bonchev–Trinajstić information content (AvgIpc) is 2.98. The minimum absolute atomic E-state index is 0. The summed E-state index contributed by atoms with van der Waals surface area (Å²) in [5.41, 5.74) is 1.57. The number of halogens is 1. The molecule has 3 aliphatic rings. The van der Waals surface area contributed by atoms with Gasteiger partial charge in [0.2, 0.25) is 0 Å². The van der Waals surface area contributed by atoms with Crippen molar-refractivity contribution in [3.05, 3.63) is 36.1 Å². The monoisotopic (exact) mass is 334 g/mol. The van der Waals surface area contributed by atoms with Crippen LogP contribution in [0.4, 0.5) is 0 Å². The average molecular weight is 335 g/mol. The summed E-state index contributed by atoms with van der Waals surface area (Å²) in [5, 5.41) is 4.28. The van der Waals surface area contributed by atoms with Gasteiger partial charge in [0.25, 0.3) is 5.91 Å². The lowest BCUT2D eigenvalue weighted by Gasteiger charge is -2.56. The van der Waals surface area contributed by atoms with Gasteiger partial charge in [0.15, 0.2) is 0 Å². The number of carbonyl (C=O) groups excluding carboxylic acids is 1. The molecule has 0 spiro atoms. The summed E-state index contributed by atoms with van der Waals surface area (Å²) in [4.78, 5) is 15.2. The first-order valence-corrected chi connectivity index (χ1v) is 8.09. The van der Waals surface area contributed by atoms with Gasteiger partial charge in [-0.25, -0.2) is 0 Å². The molecular formula is C18H23ClN2O2. The van der Waals surface area contributed by atoms with Crippen LogP contribution in [0.15, 0.2) is 34.9 Å². The second-order valence-electron chi connectivity index (χ2n) is 7.10. The molecule has 0 aliphatic carbocycles. The van der Waals surface area contributed by atoms with Crippen LogP contribution in [-0.2, 0) is 0 Å². The smallest absolute Gasteiger partial charge is 0.251 e. The molecule has 3 aliphatic heterocycles. The van der Waals surface area contributed by atoms with Gasteiger partial charge in [-0.05, 0) is 70.0 Å². The minimum Gasteiger partial charge on any atom is -0.464 e. The Morgan fingerprint density at radius 1 is 1.26 bits per heavy atom. The number of hydrogen-bond acceptors (Lipinski definition) is 3. The van der Waals surface area contributed by atoms with E-state index in [1.54, 1.807) is 6.26 Å². The van der Waals surface area contributed by atoms with E-state index in [1.807, 2.05) is 24.3 Å². The maximum Gasteiger partial charge on any atom is 0.251 e. The van der Waals surface area contributed by atoms with Crippen molar-refractivity contribution < 1.29 is 9.21 Å². The van der Waals surface area contributed by atoms with Crippen molar-refractivity contribution in [1.82, 2.24) is 10.2 Å². The number of nitrogens with zero attached hydrogens (tertiary/aromatic N) is 1. The van der Waals surface area contributed by atoms with E-state index in [2.05, 4.69) is 24.1 Å². The van der Waals surface area contributed by atoms with Gasteiger partial charge in [0.05, 0.1) is 6.26 Å². The molecule has 4 nitrogen and oxygen atoms in total. The number of rotatable bonds is 2. The van der Waals surface area contributed by atoms with Crippen molar-refractivity contribution in [3.8, 4) is 0 Å². The zero-order chi connectivity index (χ0) is 15.3. The molecular weight excluding hydrogens is 312 g/mol. The van der Waals surface area contributed by atoms with E-state index in [4.69, 9.17) is 4.42 Å². The highest BCUT2D eigenvalue weighted by molar-refractivity contribution is 5.98. The zero-order valence-electron chi connectivity index (χ0n) is 13.5. The standard InChI is InChI=1S/C18H22N2O2.ClH/c1-18(2)16(12-5-8-20(18)9-6-12)19-17(21)14-3-4-15-13(11-14)7-10-22-15;/h3-4,7,10-12,16H,5-6,8-9H2,1-2H3,(H,19,21);1H. The number of hydrogen-bond donors (Lipinski definition) is 1. The van der Waals surface area contributed by atoms with Gasteiger partial charge in [-0.1, -0.05) is 0 Å². The predicted octanol–water partition coefficient (Wildman–Crippen LogP) is 3.46. The van der Waals surface area contributed by atoms with Crippen molar-refractivity contribution >= 4 is 29.3 Å². The van der Waals surface area contributed by atoms with Crippen LogP contribution in [0.5, 0.6) is 0 Å². The van der Waals surface area contributed by atoms with E-state index in [-0.39, 0.29) is 29.9 Å². The molecule has 1 aromatic carbocycles. The van der Waals surface area contributed by atoms with E-state index < -0.39 is 0 Å². The van der Waals surface area contributed by atoms with Crippen LogP contribution in [0.3, 0.4) is 0 Å². The molecule has 1 N–H and O–H groups in total. The van der Waals surface area contributed by atoms with E-state index >= 15 is 0 Å². The Labute approximate surface area is 142 Å². The van der Waals surface area contributed by atoms with Crippen LogP contribution in [0, 0.1) is 5.92 Å². The highest BCUT2D eigenvalue weighted by atomic mass is 35.5. The molecule has 5 rings (SSSR count).